The van der Waals surface area contributed by atoms with Crippen molar-refractivity contribution in [1.29, 1.82) is 0 Å². The molecule has 6 aromatic rings. The molecular formula is C43H44Cl2N4O5S2. The molecule has 2 heterocycles. The average Bonchev–Trinajstić information content (AvgIpc) is 4.11. The molecule has 9 nitrogen and oxygen atoms in total. The van der Waals surface area contributed by atoms with Crippen molar-refractivity contribution in [2.24, 2.45) is 0 Å². The highest BCUT2D eigenvalue weighted by Gasteiger charge is 2.52. The number of rotatable bonds is 11. The van der Waals surface area contributed by atoms with Crippen molar-refractivity contribution < 1.29 is 24.2 Å². The van der Waals surface area contributed by atoms with Crippen LogP contribution in [0.15, 0.2) is 109 Å². The van der Waals surface area contributed by atoms with E-state index in [4.69, 9.17) is 43.5 Å². The number of aromatic nitrogens is 2. The van der Waals surface area contributed by atoms with E-state index in [9.17, 15) is 9.59 Å². The molecule has 0 atom stereocenters. The predicted molar refractivity (Wildman–Crippen MR) is 228 cm³/mol. The van der Waals surface area contributed by atoms with E-state index in [1.165, 1.54) is 22.7 Å². The van der Waals surface area contributed by atoms with Crippen LogP contribution in [-0.2, 0) is 33.3 Å². The van der Waals surface area contributed by atoms with Gasteiger partial charge in [0.25, 0.3) is 0 Å². The highest BCUT2D eigenvalue weighted by molar-refractivity contribution is 7.15. The third-order valence-corrected chi connectivity index (χ3v) is 12.1. The molecule has 0 unspecified atom stereocenters. The minimum absolute atomic E-state index is 0. The molecule has 0 bridgehead atoms. The number of nitrogens with zero attached hydrogens (tertiary/aromatic N) is 2. The van der Waals surface area contributed by atoms with Crippen molar-refractivity contribution in [1.82, 2.24) is 9.97 Å². The molecule has 4 aromatic carbocycles. The number of hydrogen-bond acceptors (Lipinski definition) is 9. The molecule has 292 valence electrons. The molecule has 4 N–H and O–H groups in total. The number of carbonyl (C=O) groups is 2. The topological polar surface area (TPSA) is 137 Å². The van der Waals surface area contributed by atoms with Crippen LogP contribution in [0.5, 0.6) is 11.5 Å². The largest absolute Gasteiger partial charge is 0.497 e. The number of nitrogens with one attached hydrogen (secondary N) is 1. The van der Waals surface area contributed by atoms with Crippen molar-refractivity contribution in [3.8, 4) is 11.5 Å². The maximum Gasteiger partial charge on any atom is 0.314 e. The molecule has 2 saturated carbocycles. The van der Waals surface area contributed by atoms with Crippen molar-refractivity contribution in [2.75, 3.05) is 25.3 Å². The maximum absolute atomic E-state index is 12.9. The van der Waals surface area contributed by atoms with Gasteiger partial charge in [-0.25, -0.2) is 9.97 Å². The Hall–Kier alpha value is -4.94. The van der Waals surface area contributed by atoms with Crippen molar-refractivity contribution in [2.45, 2.75) is 56.8 Å². The van der Waals surface area contributed by atoms with Gasteiger partial charge in [0, 0.05) is 45.0 Å². The van der Waals surface area contributed by atoms with Gasteiger partial charge in [-0.2, -0.15) is 0 Å². The summed E-state index contributed by atoms with van der Waals surface area (Å²) in [5.74, 6) is 0.836. The second kappa shape index (κ2) is 18.8. The molecule has 2 aliphatic carbocycles. The molecule has 0 saturated heterocycles. The highest BCUT2D eigenvalue weighted by Crippen LogP contribution is 2.50. The molecule has 2 aliphatic rings. The number of halogens is 2. The summed E-state index contributed by atoms with van der Waals surface area (Å²) in [6.45, 7) is 0. The van der Waals surface area contributed by atoms with Crippen LogP contribution in [0.25, 0.3) is 0 Å². The fraction of sp³-hybridized carbons (Fsp3) is 0.256. The van der Waals surface area contributed by atoms with Crippen LogP contribution in [-0.4, -0.2) is 41.2 Å². The predicted octanol–water partition coefficient (Wildman–Crippen LogP) is 10.5. The first-order chi connectivity index (χ1) is 26.5. The fourth-order valence-electron chi connectivity index (χ4n) is 6.07. The van der Waals surface area contributed by atoms with E-state index >= 15 is 0 Å². The lowest BCUT2D eigenvalue weighted by atomic mass is 9.95. The lowest BCUT2D eigenvalue weighted by molar-refractivity contribution is -0.140. The Labute approximate surface area is 345 Å². The minimum Gasteiger partial charge on any atom is -0.497 e. The van der Waals surface area contributed by atoms with Crippen LogP contribution < -0.4 is 20.5 Å². The van der Waals surface area contributed by atoms with Gasteiger partial charge in [0.05, 0.1) is 25.0 Å². The number of amides is 1. The van der Waals surface area contributed by atoms with E-state index < -0.39 is 16.8 Å². The number of benzene rings is 4. The second-order valence-electron chi connectivity index (χ2n) is 13.2. The number of nitrogens with two attached hydrogens (primary N) is 1. The SMILES string of the molecule is C.COc1ccc(C2(C(=O)Nc3ncc(Cc4ccccc4Cl)s3)CC2)cc1.COc1ccc(C2(C(=O)O)CC2)cc1.Nc1ncc(Cc2ccccc2Cl)s1. The van der Waals surface area contributed by atoms with Crippen LogP contribution in [0.2, 0.25) is 10.0 Å². The number of carboxylic acid groups (broad SMARTS) is 1. The number of ether oxygens (including phenoxy) is 2. The van der Waals surface area contributed by atoms with Gasteiger partial charge in [0.2, 0.25) is 5.91 Å². The summed E-state index contributed by atoms with van der Waals surface area (Å²) in [6.07, 6.45) is 8.29. The van der Waals surface area contributed by atoms with Crippen LogP contribution in [0.1, 0.15) is 65.1 Å². The summed E-state index contributed by atoms with van der Waals surface area (Å²) in [5.41, 5.74) is 8.56. The van der Waals surface area contributed by atoms with Gasteiger partial charge in [-0.1, -0.05) is 91.3 Å². The zero-order chi connectivity index (χ0) is 39.0. The van der Waals surface area contributed by atoms with Crippen molar-refractivity contribution >= 4 is 68.0 Å². The van der Waals surface area contributed by atoms with E-state index in [1.807, 2.05) is 84.9 Å². The minimum atomic E-state index is -0.720. The number of carbonyl (C=O) groups excluding carboxylic acids is 1. The summed E-state index contributed by atoms with van der Waals surface area (Å²) in [6, 6.07) is 30.6. The number of thiazole rings is 2. The Kier molecular flexibility index (Phi) is 14.2. The summed E-state index contributed by atoms with van der Waals surface area (Å²) in [5, 5.41) is 14.8. The number of carboxylic acids is 1. The molecule has 2 aromatic heterocycles. The fourth-order valence-corrected chi connectivity index (χ4v) is 8.01. The quantitative estimate of drug-likeness (QED) is 0.117. The number of nitrogen functional groups attached to an aromatic ring is 1. The molecule has 56 heavy (non-hydrogen) atoms. The highest BCUT2D eigenvalue weighted by atomic mass is 35.5. The van der Waals surface area contributed by atoms with Gasteiger partial charge in [0.15, 0.2) is 10.3 Å². The molecule has 8 rings (SSSR count). The smallest absolute Gasteiger partial charge is 0.314 e. The third-order valence-electron chi connectivity index (χ3n) is 9.62. The molecule has 0 radical (unpaired) electrons. The molecule has 2 fully saturated rings. The molecule has 0 spiro atoms. The molecular weight excluding hydrogens is 788 g/mol. The van der Waals surface area contributed by atoms with Crippen LogP contribution in [0.4, 0.5) is 10.3 Å². The normalized spacial score (nSPS) is 14.0. The average molecular weight is 832 g/mol. The Morgan fingerprint density at radius 2 is 1.16 bits per heavy atom. The summed E-state index contributed by atoms with van der Waals surface area (Å²) in [4.78, 5) is 34.4. The van der Waals surface area contributed by atoms with Gasteiger partial charge in [-0.3, -0.25) is 9.59 Å². The Balaban J connectivity index is 0.000000175. The van der Waals surface area contributed by atoms with Crippen LogP contribution in [0.3, 0.4) is 0 Å². The summed E-state index contributed by atoms with van der Waals surface area (Å²) < 4.78 is 10.2. The maximum atomic E-state index is 12.9. The molecule has 1 amide bonds. The number of hydrogen-bond donors (Lipinski definition) is 3. The first-order valence-corrected chi connectivity index (χ1v) is 19.9. The Bertz CT molecular complexity index is 2230. The Morgan fingerprint density at radius 1 is 0.714 bits per heavy atom. The van der Waals surface area contributed by atoms with Crippen molar-refractivity contribution in [3.63, 3.8) is 0 Å². The van der Waals surface area contributed by atoms with Gasteiger partial charge < -0.3 is 25.6 Å². The first kappa shape index (κ1) is 42.2. The van der Waals surface area contributed by atoms with E-state index in [0.717, 1.165) is 85.7 Å². The summed E-state index contributed by atoms with van der Waals surface area (Å²) in [7, 11) is 3.23. The zero-order valence-corrected chi connectivity index (χ0v) is 33.4. The zero-order valence-electron chi connectivity index (χ0n) is 30.3. The number of anilines is 2. The summed E-state index contributed by atoms with van der Waals surface area (Å²) >= 11 is 15.2. The lowest BCUT2D eigenvalue weighted by Gasteiger charge is -2.15. The van der Waals surface area contributed by atoms with Crippen molar-refractivity contribution in [3.05, 3.63) is 152 Å². The van der Waals surface area contributed by atoms with Crippen LogP contribution in [0, 0.1) is 0 Å². The number of methoxy groups -OCH3 is 2. The van der Waals surface area contributed by atoms with Gasteiger partial charge in [-0.15, -0.1) is 22.7 Å². The van der Waals surface area contributed by atoms with E-state index in [-0.39, 0.29) is 13.3 Å². The van der Waals surface area contributed by atoms with E-state index in [0.29, 0.717) is 16.7 Å². The van der Waals surface area contributed by atoms with Crippen LogP contribution >= 0.6 is 45.9 Å². The first-order valence-electron chi connectivity index (χ1n) is 17.5. The molecule has 13 heteroatoms. The lowest BCUT2D eigenvalue weighted by Crippen LogP contribution is -2.27. The standard InChI is InChI=1S/C21H19ClN2O2S.C11H12O3.C10H9ClN2S.CH4/c1-26-16-8-6-15(7-9-16)21(10-11-21)19(25)24-20-23-13-17(27-20)12-14-4-2-3-5-18(14)22;1-14-9-4-2-8(3-5-9)11(6-7-11)10(12)13;11-9-4-2-1-3-7(9)5-8-6-13-10(12)14-8;/h2-9,13H,10-12H2,1H3,(H,23,24,25);2-5H,6-7H2,1H3,(H,12,13);1-4,6H,5H2,(H2,12,13);1H4. The molecule has 0 aliphatic heterocycles. The Morgan fingerprint density at radius 3 is 1.57 bits per heavy atom. The van der Waals surface area contributed by atoms with Gasteiger partial charge in [-0.05, 0) is 84.3 Å². The monoisotopic (exact) mass is 830 g/mol. The third kappa shape index (κ3) is 10.3. The second-order valence-corrected chi connectivity index (χ2v) is 16.3. The van der Waals surface area contributed by atoms with Gasteiger partial charge >= 0.3 is 5.97 Å². The number of aliphatic carboxylic acids is 1. The van der Waals surface area contributed by atoms with E-state index in [2.05, 4.69) is 15.3 Å². The van der Waals surface area contributed by atoms with E-state index in [1.54, 1.807) is 38.7 Å². The van der Waals surface area contributed by atoms with Gasteiger partial charge in [0.1, 0.15) is 11.5 Å².